The van der Waals surface area contributed by atoms with Crippen molar-refractivity contribution in [1.82, 2.24) is 10.3 Å². The Morgan fingerprint density at radius 1 is 1.21 bits per heavy atom. The summed E-state index contributed by atoms with van der Waals surface area (Å²) in [6.07, 6.45) is 4.07. The number of nitrogens with one attached hydrogen (secondary N) is 2. The van der Waals surface area contributed by atoms with Gasteiger partial charge in [-0.1, -0.05) is 12.1 Å². The van der Waals surface area contributed by atoms with Crippen LogP contribution in [0.5, 0.6) is 0 Å². The highest BCUT2D eigenvalue weighted by Crippen LogP contribution is 2.21. The number of piperidine rings is 1. The smallest absolute Gasteiger partial charge is 0.191 e. The first-order valence-electron chi connectivity index (χ1n) is 6.81. The number of nitrogens with zero attached hydrogens (tertiary/aromatic N) is 1. The van der Waals surface area contributed by atoms with Gasteiger partial charge in [0.05, 0.1) is 0 Å². The van der Waals surface area contributed by atoms with Crippen molar-refractivity contribution in [1.29, 1.82) is 0 Å². The minimum atomic E-state index is 0.585. The molecule has 0 saturated carbocycles. The number of benzene rings is 1. The highest BCUT2D eigenvalue weighted by molar-refractivity contribution is 5.61. The molecule has 1 aromatic heterocycles. The van der Waals surface area contributed by atoms with Crippen LogP contribution in [0.4, 0.5) is 5.69 Å². The Balaban J connectivity index is 1.68. The molecule has 1 aromatic carbocycles. The monoisotopic (exact) mass is 257 g/mol. The van der Waals surface area contributed by atoms with E-state index in [4.69, 9.17) is 4.42 Å². The molecule has 4 nitrogen and oxygen atoms in total. The van der Waals surface area contributed by atoms with Crippen molar-refractivity contribution in [2.24, 2.45) is 0 Å². The predicted molar refractivity (Wildman–Crippen MR) is 76.2 cm³/mol. The van der Waals surface area contributed by atoms with Crippen LogP contribution in [-0.2, 0) is 0 Å². The number of hydrogen-bond donors (Lipinski definition) is 2. The minimum Gasteiger partial charge on any atom is -0.449 e. The fourth-order valence-corrected chi connectivity index (χ4v) is 2.44. The molecule has 0 aliphatic carbocycles. The molecule has 0 atom stereocenters. The Morgan fingerprint density at radius 3 is 2.58 bits per heavy atom. The van der Waals surface area contributed by atoms with Crippen LogP contribution >= 0.6 is 0 Å². The molecule has 100 valence electrons. The van der Waals surface area contributed by atoms with Crippen LogP contribution < -0.4 is 10.6 Å². The van der Waals surface area contributed by atoms with E-state index in [9.17, 15) is 0 Å². The van der Waals surface area contributed by atoms with E-state index in [1.165, 1.54) is 18.5 Å². The number of rotatable bonds is 3. The first kappa shape index (κ1) is 12.2. The third-order valence-corrected chi connectivity index (χ3v) is 3.51. The van der Waals surface area contributed by atoms with E-state index in [1.54, 1.807) is 6.26 Å². The van der Waals surface area contributed by atoms with Crippen LogP contribution in [0, 0.1) is 6.92 Å². The van der Waals surface area contributed by atoms with E-state index in [0.29, 0.717) is 11.9 Å². The fraction of sp³-hybridized carbons (Fsp3) is 0.400. The van der Waals surface area contributed by atoms with Gasteiger partial charge in [-0.15, -0.1) is 0 Å². The number of hydrogen-bond acceptors (Lipinski definition) is 4. The second kappa shape index (κ2) is 5.45. The van der Waals surface area contributed by atoms with E-state index < -0.39 is 0 Å². The standard InChI is InChI=1S/C15H19N3O/c1-11-17-15(10-19-11)12-2-4-13(5-3-12)18-14-6-8-16-9-7-14/h2-5,10,14,16,18H,6-9H2,1H3. The van der Waals surface area contributed by atoms with Crippen molar-refractivity contribution in [3.05, 3.63) is 36.4 Å². The molecule has 1 saturated heterocycles. The van der Waals surface area contributed by atoms with Crippen molar-refractivity contribution in [3.8, 4) is 11.3 Å². The molecule has 0 unspecified atom stereocenters. The summed E-state index contributed by atoms with van der Waals surface area (Å²) in [6, 6.07) is 8.98. The molecule has 2 N–H and O–H groups in total. The van der Waals surface area contributed by atoms with Gasteiger partial charge < -0.3 is 15.1 Å². The zero-order valence-corrected chi connectivity index (χ0v) is 11.1. The lowest BCUT2D eigenvalue weighted by molar-refractivity contribution is 0.479. The molecule has 19 heavy (non-hydrogen) atoms. The Labute approximate surface area is 113 Å². The third kappa shape index (κ3) is 2.96. The maximum atomic E-state index is 5.24. The molecule has 4 heteroatoms. The van der Waals surface area contributed by atoms with Gasteiger partial charge in [0.25, 0.3) is 0 Å². The first-order valence-corrected chi connectivity index (χ1v) is 6.81. The van der Waals surface area contributed by atoms with E-state index >= 15 is 0 Å². The normalized spacial score (nSPS) is 16.5. The highest BCUT2D eigenvalue weighted by atomic mass is 16.3. The summed E-state index contributed by atoms with van der Waals surface area (Å²) in [4.78, 5) is 4.33. The van der Waals surface area contributed by atoms with E-state index in [-0.39, 0.29) is 0 Å². The second-order valence-electron chi connectivity index (χ2n) is 5.00. The van der Waals surface area contributed by atoms with E-state index in [0.717, 1.165) is 24.3 Å². The average molecular weight is 257 g/mol. The van der Waals surface area contributed by atoms with Gasteiger partial charge in [-0.25, -0.2) is 4.98 Å². The zero-order valence-electron chi connectivity index (χ0n) is 11.1. The number of aromatic nitrogens is 1. The van der Waals surface area contributed by atoms with Crippen LogP contribution in [0.3, 0.4) is 0 Å². The Kier molecular flexibility index (Phi) is 3.51. The second-order valence-corrected chi connectivity index (χ2v) is 5.00. The molecule has 3 rings (SSSR count). The summed E-state index contributed by atoms with van der Waals surface area (Å²) in [5, 5.41) is 6.96. The van der Waals surface area contributed by atoms with Gasteiger partial charge >= 0.3 is 0 Å². The topological polar surface area (TPSA) is 50.1 Å². The summed E-state index contributed by atoms with van der Waals surface area (Å²) in [7, 11) is 0. The molecular formula is C15H19N3O. The molecule has 0 radical (unpaired) electrons. The number of anilines is 1. The van der Waals surface area contributed by atoms with Crippen LogP contribution in [0.25, 0.3) is 11.3 Å². The Hall–Kier alpha value is -1.81. The number of aryl methyl sites for hydroxylation is 1. The van der Waals surface area contributed by atoms with Gasteiger partial charge in [-0.3, -0.25) is 0 Å². The van der Waals surface area contributed by atoms with Crippen LogP contribution in [0.1, 0.15) is 18.7 Å². The van der Waals surface area contributed by atoms with Gasteiger partial charge in [-0.05, 0) is 38.1 Å². The minimum absolute atomic E-state index is 0.585. The van der Waals surface area contributed by atoms with Crippen molar-refractivity contribution in [2.45, 2.75) is 25.8 Å². The van der Waals surface area contributed by atoms with E-state index in [2.05, 4.69) is 39.9 Å². The van der Waals surface area contributed by atoms with Crippen molar-refractivity contribution in [2.75, 3.05) is 18.4 Å². The quantitative estimate of drug-likeness (QED) is 0.887. The SMILES string of the molecule is Cc1nc(-c2ccc(NC3CCNCC3)cc2)co1. The number of oxazole rings is 1. The Morgan fingerprint density at radius 2 is 1.95 bits per heavy atom. The maximum absolute atomic E-state index is 5.24. The lowest BCUT2D eigenvalue weighted by Crippen LogP contribution is -2.35. The predicted octanol–water partition coefficient (Wildman–Crippen LogP) is 2.81. The van der Waals surface area contributed by atoms with Crippen LogP contribution in [0.15, 0.2) is 34.9 Å². The first-order chi connectivity index (χ1) is 9.31. The highest BCUT2D eigenvalue weighted by Gasteiger charge is 2.12. The molecule has 2 heterocycles. The summed E-state index contributed by atoms with van der Waals surface area (Å²) in [5.41, 5.74) is 3.16. The molecule has 1 aliphatic heterocycles. The largest absolute Gasteiger partial charge is 0.449 e. The van der Waals surface area contributed by atoms with Crippen LogP contribution in [0.2, 0.25) is 0 Å². The molecule has 1 aliphatic rings. The third-order valence-electron chi connectivity index (χ3n) is 3.51. The molecule has 2 aromatic rings. The molecule has 0 bridgehead atoms. The van der Waals surface area contributed by atoms with Crippen LogP contribution in [-0.4, -0.2) is 24.1 Å². The molecule has 0 amide bonds. The van der Waals surface area contributed by atoms with Crippen molar-refractivity contribution in [3.63, 3.8) is 0 Å². The molecule has 0 spiro atoms. The van der Waals surface area contributed by atoms with Gasteiger partial charge in [0.2, 0.25) is 0 Å². The molecular weight excluding hydrogens is 238 g/mol. The summed E-state index contributed by atoms with van der Waals surface area (Å²) in [5.74, 6) is 0.701. The van der Waals surface area contributed by atoms with Gasteiger partial charge in [0.1, 0.15) is 12.0 Å². The Bertz CT molecular complexity index is 527. The van der Waals surface area contributed by atoms with Crippen molar-refractivity contribution >= 4 is 5.69 Å². The van der Waals surface area contributed by atoms with E-state index in [1.807, 2.05) is 6.92 Å². The lowest BCUT2D eigenvalue weighted by atomic mass is 10.1. The fourth-order valence-electron chi connectivity index (χ4n) is 2.44. The van der Waals surface area contributed by atoms with Gasteiger partial charge in [-0.2, -0.15) is 0 Å². The average Bonchev–Trinajstić information content (AvgIpc) is 2.87. The summed E-state index contributed by atoms with van der Waals surface area (Å²) < 4.78 is 5.24. The lowest BCUT2D eigenvalue weighted by Gasteiger charge is -2.24. The van der Waals surface area contributed by atoms with Gasteiger partial charge in [0, 0.05) is 24.2 Å². The molecule has 1 fully saturated rings. The summed E-state index contributed by atoms with van der Waals surface area (Å²) >= 11 is 0. The van der Waals surface area contributed by atoms with Gasteiger partial charge in [0.15, 0.2) is 5.89 Å². The van der Waals surface area contributed by atoms with Crippen molar-refractivity contribution < 1.29 is 4.42 Å². The zero-order chi connectivity index (χ0) is 13.1. The maximum Gasteiger partial charge on any atom is 0.191 e. The summed E-state index contributed by atoms with van der Waals surface area (Å²) in [6.45, 7) is 4.07.